The van der Waals surface area contributed by atoms with E-state index in [-0.39, 0.29) is 5.97 Å². The zero-order valence-corrected chi connectivity index (χ0v) is 15.8. The van der Waals surface area contributed by atoms with Crippen LogP contribution < -0.4 is 5.73 Å². The van der Waals surface area contributed by atoms with E-state index >= 15 is 0 Å². The molecule has 0 saturated carbocycles. The molecular formula is C18H37NO6. The van der Waals surface area contributed by atoms with Crippen LogP contribution in [0.5, 0.6) is 0 Å². The Morgan fingerprint density at radius 2 is 1.16 bits per heavy atom. The van der Waals surface area contributed by atoms with E-state index < -0.39 is 0 Å². The predicted molar refractivity (Wildman–Crippen MR) is 96.7 cm³/mol. The van der Waals surface area contributed by atoms with Crippen LogP contribution in [0.3, 0.4) is 0 Å². The second-order valence-corrected chi connectivity index (χ2v) is 5.62. The van der Waals surface area contributed by atoms with Gasteiger partial charge in [0.15, 0.2) is 0 Å². The van der Waals surface area contributed by atoms with E-state index in [1.807, 2.05) is 0 Å². The molecule has 0 amide bonds. The smallest absolute Gasteiger partial charge is 0.305 e. The van der Waals surface area contributed by atoms with Crippen molar-refractivity contribution in [1.29, 1.82) is 0 Å². The van der Waals surface area contributed by atoms with Crippen molar-refractivity contribution in [3.8, 4) is 0 Å². The lowest BCUT2D eigenvalue weighted by Gasteiger charge is -2.08. The molecule has 0 aromatic carbocycles. The van der Waals surface area contributed by atoms with Crippen molar-refractivity contribution in [3.63, 3.8) is 0 Å². The van der Waals surface area contributed by atoms with Crippen molar-refractivity contribution in [2.45, 2.75) is 45.4 Å². The Bertz CT molecular complexity index is 278. The van der Waals surface area contributed by atoms with Crippen LogP contribution in [0.4, 0.5) is 0 Å². The van der Waals surface area contributed by atoms with Gasteiger partial charge in [-0.25, -0.2) is 0 Å². The zero-order chi connectivity index (χ0) is 18.4. The quantitative estimate of drug-likeness (QED) is 0.261. The first kappa shape index (κ1) is 24.3. The minimum absolute atomic E-state index is 0.135. The van der Waals surface area contributed by atoms with Gasteiger partial charge >= 0.3 is 5.97 Å². The molecule has 0 fully saturated rings. The fraction of sp³-hybridized carbons (Fsp3) is 0.944. The Labute approximate surface area is 152 Å². The molecule has 7 heteroatoms. The van der Waals surface area contributed by atoms with Crippen LogP contribution in [-0.4, -0.2) is 72.0 Å². The Morgan fingerprint density at radius 1 is 0.680 bits per heavy atom. The van der Waals surface area contributed by atoms with Crippen molar-refractivity contribution < 1.29 is 28.5 Å². The molecule has 150 valence electrons. The number of ether oxygens (including phenoxy) is 5. The second-order valence-electron chi connectivity index (χ2n) is 5.62. The first-order valence-corrected chi connectivity index (χ1v) is 9.48. The first-order valence-electron chi connectivity index (χ1n) is 9.48. The number of nitrogens with two attached hydrogens (primary N) is 1. The number of hydrogen-bond acceptors (Lipinski definition) is 7. The summed E-state index contributed by atoms with van der Waals surface area (Å²) in [5.74, 6) is -0.135. The topological polar surface area (TPSA) is 89.2 Å². The lowest BCUT2D eigenvalue weighted by molar-refractivity contribution is -0.145. The predicted octanol–water partition coefficient (Wildman–Crippen LogP) is 1.92. The highest BCUT2D eigenvalue weighted by molar-refractivity contribution is 5.69. The summed E-state index contributed by atoms with van der Waals surface area (Å²) in [6.07, 6.45) is 6.16. The maximum Gasteiger partial charge on any atom is 0.305 e. The minimum atomic E-state index is -0.135. The Hall–Kier alpha value is -0.730. The summed E-state index contributed by atoms with van der Waals surface area (Å²) in [4.78, 5) is 11.5. The molecule has 0 saturated heterocycles. The van der Waals surface area contributed by atoms with Gasteiger partial charge in [-0.1, -0.05) is 32.6 Å². The molecule has 0 aromatic heterocycles. The van der Waals surface area contributed by atoms with Crippen LogP contribution in [0.25, 0.3) is 0 Å². The highest BCUT2D eigenvalue weighted by atomic mass is 16.6. The zero-order valence-electron chi connectivity index (χ0n) is 15.8. The van der Waals surface area contributed by atoms with Crippen LogP contribution in [0, 0.1) is 0 Å². The van der Waals surface area contributed by atoms with E-state index in [2.05, 4.69) is 6.92 Å². The lowest BCUT2D eigenvalue weighted by Crippen LogP contribution is -2.15. The van der Waals surface area contributed by atoms with Gasteiger partial charge in [-0.3, -0.25) is 4.79 Å². The Morgan fingerprint density at radius 3 is 1.68 bits per heavy atom. The average molecular weight is 363 g/mol. The molecule has 0 atom stereocenters. The molecule has 7 nitrogen and oxygen atoms in total. The van der Waals surface area contributed by atoms with Gasteiger partial charge < -0.3 is 29.4 Å². The van der Waals surface area contributed by atoms with Crippen LogP contribution in [0.1, 0.15) is 45.4 Å². The van der Waals surface area contributed by atoms with E-state index in [1.165, 1.54) is 19.3 Å². The summed E-state index contributed by atoms with van der Waals surface area (Å²) in [5.41, 5.74) is 5.29. The Kier molecular flexibility index (Phi) is 20.7. The van der Waals surface area contributed by atoms with Gasteiger partial charge in [-0.05, 0) is 6.42 Å². The standard InChI is InChI=1S/C18H37NO6/c1-2-3-4-5-6-7-18(20)25-17-16-24-15-14-23-13-12-22-11-10-21-9-8-19/h2-17,19H2,1H3. The summed E-state index contributed by atoms with van der Waals surface area (Å²) in [6.45, 7) is 7.10. The SMILES string of the molecule is CCCCCCCC(=O)OCCOCCOCCOCCOCCN. The van der Waals surface area contributed by atoms with Gasteiger partial charge in [0.05, 0.1) is 52.9 Å². The van der Waals surface area contributed by atoms with Crippen molar-refractivity contribution >= 4 is 5.97 Å². The number of hydrogen-bond donors (Lipinski definition) is 1. The molecule has 0 heterocycles. The number of rotatable bonds is 20. The lowest BCUT2D eigenvalue weighted by atomic mass is 10.1. The molecule has 2 N–H and O–H groups in total. The van der Waals surface area contributed by atoms with Crippen LogP contribution in [-0.2, 0) is 28.5 Å². The molecule has 0 aliphatic heterocycles. The molecule has 0 aromatic rings. The minimum Gasteiger partial charge on any atom is -0.463 e. The van der Waals surface area contributed by atoms with Gasteiger partial charge in [-0.2, -0.15) is 0 Å². The fourth-order valence-corrected chi connectivity index (χ4v) is 2.00. The van der Waals surface area contributed by atoms with E-state index in [0.717, 1.165) is 12.8 Å². The molecule has 0 rings (SSSR count). The fourth-order valence-electron chi connectivity index (χ4n) is 2.00. The highest BCUT2D eigenvalue weighted by Crippen LogP contribution is 2.05. The summed E-state index contributed by atoms with van der Waals surface area (Å²) >= 11 is 0. The number of unbranched alkanes of at least 4 members (excludes halogenated alkanes) is 4. The van der Waals surface area contributed by atoms with Crippen molar-refractivity contribution in [1.82, 2.24) is 0 Å². The molecule has 0 bridgehead atoms. The van der Waals surface area contributed by atoms with Crippen LogP contribution >= 0.6 is 0 Å². The normalized spacial score (nSPS) is 11.0. The van der Waals surface area contributed by atoms with E-state index in [9.17, 15) is 4.79 Å². The summed E-state index contributed by atoms with van der Waals surface area (Å²) in [5, 5.41) is 0. The van der Waals surface area contributed by atoms with Crippen molar-refractivity contribution in [2.75, 3.05) is 66.0 Å². The third-order valence-electron chi connectivity index (χ3n) is 3.35. The van der Waals surface area contributed by atoms with Gasteiger partial charge in [0.2, 0.25) is 0 Å². The molecule has 0 aliphatic rings. The molecule has 0 unspecified atom stereocenters. The third kappa shape index (κ3) is 21.2. The number of carbonyl (C=O) groups is 1. The molecule has 0 spiro atoms. The van der Waals surface area contributed by atoms with Crippen LogP contribution in [0.15, 0.2) is 0 Å². The monoisotopic (exact) mass is 363 g/mol. The molecular weight excluding hydrogens is 326 g/mol. The van der Waals surface area contributed by atoms with E-state index in [4.69, 9.17) is 29.4 Å². The second kappa shape index (κ2) is 21.3. The highest BCUT2D eigenvalue weighted by Gasteiger charge is 2.02. The van der Waals surface area contributed by atoms with Crippen molar-refractivity contribution in [2.24, 2.45) is 5.73 Å². The van der Waals surface area contributed by atoms with Gasteiger partial charge in [0.25, 0.3) is 0 Å². The summed E-state index contributed by atoms with van der Waals surface area (Å²) in [7, 11) is 0. The van der Waals surface area contributed by atoms with Crippen LogP contribution in [0.2, 0.25) is 0 Å². The maximum absolute atomic E-state index is 11.5. The summed E-state index contributed by atoms with van der Waals surface area (Å²) < 4.78 is 26.3. The molecule has 0 aliphatic carbocycles. The third-order valence-corrected chi connectivity index (χ3v) is 3.35. The summed E-state index contributed by atoms with van der Waals surface area (Å²) in [6, 6.07) is 0. The largest absolute Gasteiger partial charge is 0.463 e. The van der Waals surface area contributed by atoms with Crippen molar-refractivity contribution in [3.05, 3.63) is 0 Å². The number of esters is 1. The first-order chi connectivity index (χ1) is 12.3. The van der Waals surface area contributed by atoms with Gasteiger partial charge in [0.1, 0.15) is 6.61 Å². The molecule has 25 heavy (non-hydrogen) atoms. The van der Waals surface area contributed by atoms with Gasteiger partial charge in [-0.15, -0.1) is 0 Å². The maximum atomic E-state index is 11.5. The van der Waals surface area contributed by atoms with Gasteiger partial charge in [0, 0.05) is 13.0 Å². The molecule has 0 radical (unpaired) electrons. The number of carbonyl (C=O) groups excluding carboxylic acids is 1. The average Bonchev–Trinajstić information content (AvgIpc) is 2.62. The van der Waals surface area contributed by atoms with E-state index in [1.54, 1.807) is 0 Å². The van der Waals surface area contributed by atoms with E-state index in [0.29, 0.717) is 72.4 Å². The Balaban J connectivity index is 3.09.